The lowest BCUT2D eigenvalue weighted by molar-refractivity contribution is -0.154. The second-order valence-electron chi connectivity index (χ2n) is 15.3. The first-order valence-electron chi connectivity index (χ1n) is 19.2. The highest BCUT2D eigenvalue weighted by Crippen LogP contribution is 2.38. The monoisotopic (exact) mass is 819 g/mol. The average Bonchev–Trinajstić information content (AvgIpc) is 3.62. The van der Waals surface area contributed by atoms with E-state index in [1.165, 1.54) is 15.9 Å². The molecule has 2 atom stereocenters. The van der Waals surface area contributed by atoms with E-state index in [-0.39, 0.29) is 66.6 Å². The predicted octanol–water partition coefficient (Wildman–Crippen LogP) is 4.49. The maximum atomic E-state index is 14.1. The summed E-state index contributed by atoms with van der Waals surface area (Å²) < 4.78 is 52.7. The van der Waals surface area contributed by atoms with E-state index in [4.69, 9.17) is 26.8 Å². The number of likely N-dealkylation sites (N-methyl/N-ethyl adjacent to an activating group) is 1. The molecule has 6 rings (SSSR count). The van der Waals surface area contributed by atoms with Crippen molar-refractivity contribution in [2.75, 3.05) is 77.6 Å². The number of piperidine rings is 2. The molecule has 18 heteroatoms. The summed E-state index contributed by atoms with van der Waals surface area (Å²) >= 11 is 6.12. The molecule has 0 unspecified atom stereocenters. The number of urea groups is 1. The summed E-state index contributed by atoms with van der Waals surface area (Å²) in [6, 6.07) is 9.40. The Labute approximate surface area is 334 Å². The van der Waals surface area contributed by atoms with E-state index in [1.54, 1.807) is 23.9 Å². The largest absolute Gasteiger partial charge is 0.455 e. The van der Waals surface area contributed by atoms with Gasteiger partial charge in [0.1, 0.15) is 0 Å². The number of nitrogens with one attached hydrogen (secondary N) is 1. The van der Waals surface area contributed by atoms with Crippen LogP contribution >= 0.6 is 11.6 Å². The van der Waals surface area contributed by atoms with E-state index in [1.807, 2.05) is 24.3 Å². The summed E-state index contributed by atoms with van der Waals surface area (Å²) in [6.45, 7) is 2.38. The summed E-state index contributed by atoms with van der Waals surface area (Å²) in [6.07, 6.45) is -4.12. The van der Waals surface area contributed by atoms with E-state index in [0.717, 1.165) is 17.3 Å². The third-order valence-corrected chi connectivity index (χ3v) is 11.7. The highest BCUT2D eigenvalue weighted by molar-refractivity contribution is 6.33. The number of likely N-dealkylation sites (tertiary alicyclic amines) is 3. The Morgan fingerprint density at radius 3 is 2.30 bits per heavy atom. The summed E-state index contributed by atoms with van der Waals surface area (Å²) in [7, 11) is 3.16. The Balaban J connectivity index is 1.08. The number of fused-ring (bicyclic) bond motifs is 1. The lowest BCUT2D eigenvalue weighted by Gasteiger charge is -2.39. The maximum Gasteiger partial charge on any atom is 0.418 e. The Morgan fingerprint density at radius 2 is 1.61 bits per heavy atom. The minimum absolute atomic E-state index is 0.0247. The van der Waals surface area contributed by atoms with E-state index >= 15 is 0 Å². The van der Waals surface area contributed by atoms with Crippen molar-refractivity contribution in [1.82, 2.24) is 24.5 Å². The molecule has 2 aromatic carbocycles. The van der Waals surface area contributed by atoms with E-state index < -0.39 is 41.5 Å². The number of nitrogen functional groups attached to an aromatic ring is 1. The standard InChI is InChI=1S/C39H49ClF3N7O7/c1-46(2)33(51)23-56-36(53)26-7-13-49(22-26)27-9-14-47(15-10-27)35(52)32(21-24-19-29(39(41,42)43)34(44)30(40)20-24)57-38(55)48-16-11-28(12-17-48)50-18-8-25-5-3-4-6-31(25)45-37(50)54/h3-6,19-20,26-28,32H,7-18,21-23,44H2,1-2H3,(H,45,54)/t26-,32+/m0/s1. The molecule has 3 saturated heterocycles. The fourth-order valence-corrected chi connectivity index (χ4v) is 8.30. The fraction of sp³-hybridized carbons (Fsp3) is 0.564. The minimum atomic E-state index is -4.81. The zero-order valence-corrected chi connectivity index (χ0v) is 32.8. The third kappa shape index (κ3) is 10.0. The van der Waals surface area contributed by atoms with E-state index in [2.05, 4.69) is 10.2 Å². The molecule has 4 aliphatic heterocycles. The number of rotatable bonds is 9. The zero-order valence-electron chi connectivity index (χ0n) is 32.1. The zero-order chi connectivity index (χ0) is 41.0. The van der Waals surface area contributed by atoms with Gasteiger partial charge in [0.25, 0.3) is 11.8 Å². The molecule has 0 aliphatic carbocycles. The van der Waals surface area contributed by atoms with Crippen molar-refractivity contribution in [2.45, 2.75) is 69.3 Å². The second-order valence-corrected chi connectivity index (χ2v) is 15.7. The van der Waals surface area contributed by atoms with Crippen LogP contribution in [0, 0.1) is 5.92 Å². The summed E-state index contributed by atoms with van der Waals surface area (Å²) in [5.41, 5.74) is 5.71. The lowest BCUT2D eigenvalue weighted by Crippen LogP contribution is -2.52. The van der Waals surface area contributed by atoms with Crippen LogP contribution in [0.25, 0.3) is 0 Å². The van der Waals surface area contributed by atoms with Crippen molar-refractivity contribution < 1.29 is 46.6 Å². The molecule has 4 heterocycles. The number of hydrogen-bond donors (Lipinski definition) is 2. The molecule has 2 aromatic rings. The molecule has 57 heavy (non-hydrogen) atoms. The van der Waals surface area contributed by atoms with Gasteiger partial charge in [-0.25, -0.2) is 9.59 Å². The Bertz CT molecular complexity index is 1830. The molecule has 3 N–H and O–H groups in total. The summed E-state index contributed by atoms with van der Waals surface area (Å²) in [5, 5.41) is 2.64. The normalized spacial score (nSPS) is 20.4. The summed E-state index contributed by atoms with van der Waals surface area (Å²) in [4.78, 5) is 73.7. The Hall–Kier alpha value is -4.77. The number of alkyl halides is 3. The maximum absolute atomic E-state index is 14.1. The number of para-hydroxylation sites is 1. The van der Waals surface area contributed by atoms with Gasteiger partial charge in [0, 0.05) is 77.6 Å². The van der Waals surface area contributed by atoms with E-state index in [9.17, 15) is 37.1 Å². The highest BCUT2D eigenvalue weighted by atomic mass is 35.5. The predicted molar refractivity (Wildman–Crippen MR) is 204 cm³/mol. The number of benzene rings is 2. The van der Waals surface area contributed by atoms with Gasteiger partial charge in [-0.1, -0.05) is 29.8 Å². The Kier molecular flexibility index (Phi) is 13.1. The number of hydrogen-bond acceptors (Lipinski definition) is 9. The van der Waals surface area contributed by atoms with Gasteiger partial charge in [0.15, 0.2) is 12.7 Å². The molecular formula is C39H49ClF3N7O7. The van der Waals surface area contributed by atoms with Gasteiger partial charge in [-0.05, 0) is 74.4 Å². The molecule has 4 aliphatic rings. The molecule has 310 valence electrons. The van der Waals surface area contributed by atoms with Gasteiger partial charge < -0.3 is 40.1 Å². The van der Waals surface area contributed by atoms with Crippen molar-refractivity contribution in [1.29, 1.82) is 0 Å². The average molecular weight is 820 g/mol. The second kappa shape index (κ2) is 17.8. The van der Waals surface area contributed by atoms with Crippen LogP contribution in [0.1, 0.15) is 48.8 Å². The van der Waals surface area contributed by atoms with Gasteiger partial charge in [-0.2, -0.15) is 13.2 Å². The van der Waals surface area contributed by atoms with Crippen LogP contribution in [0.3, 0.4) is 0 Å². The first-order chi connectivity index (χ1) is 27.1. The van der Waals surface area contributed by atoms with Crippen LogP contribution in [-0.2, 0) is 42.9 Å². The molecule has 3 fully saturated rings. The van der Waals surface area contributed by atoms with Crippen LogP contribution in [-0.4, -0.2) is 139 Å². The smallest absolute Gasteiger partial charge is 0.418 e. The number of anilines is 2. The molecule has 5 amide bonds. The van der Waals surface area contributed by atoms with Crippen LogP contribution in [0.15, 0.2) is 36.4 Å². The Morgan fingerprint density at radius 1 is 0.947 bits per heavy atom. The van der Waals surface area contributed by atoms with Crippen molar-refractivity contribution in [3.8, 4) is 0 Å². The molecule has 0 saturated carbocycles. The van der Waals surface area contributed by atoms with Crippen LogP contribution in [0.5, 0.6) is 0 Å². The number of esters is 1. The van der Waals surface area contributed by atoms with Gasteiger partial charge in [0.05, 0.1) is 22.2 Å². The number of carbonyl (C=O) groups excluding carboxylic acids is 5. The minimum Gasteiger partial charge on any atom is -0.455 e. The van der Waals surface area contributed by atoms with Crippen molar-refractivity contribution in [3.05, 3.63) is 58.1 Å². The number of halogens is 4. The summed E-state index contributed by atoms with van der Waals surface area (Å²) in [5.74, 6) is -1.66. The molecule has 0 bridgehead atoms. The number of nitrogens with two attached hydrogens (primary N) is 1. The van der Waals surface area contributed by atoms with Crippen molar-refractivity contribution in [3.63, 3.8) is 0 Å². The first-order valence-corrected chi connectivity index (χ1v) is 19.6. The number of nitrogens with zero attached hydrogens (tertiary/aromatic N) is 5. The first kappa shape index (κ1) is 41.9. The van der Waals surface area contributed by atoms with Crippen LogP contribution in [0.2, 0.25) is 5.02 Å². The third-order valence-electron chi connectivity index (χ3n) is 11.4. The van der Waals surface area contributed by atoms with Gasteiger partial charge in [-0.15, -0.1) is 0 Å². The molecular weight excluding hydrogens is 771 g/mol. The molecule has 0 radical (unpaired) electrons. The van der Waals surface area contributed by atoms with Crippen molar-refractivity contribution in [2.24, 2.45) is 5.92 Å². The molecule has 0 spiro atoms. The number of ether oxygens (including phenoxy) is 2. The van der Waals surface area contributed by atoms with Crippen molar-refractivity contribution >= 4 is 52.9 Å². The number of amides is 5. The molecule has 0 aromatic heterocycles. The fourth-order valence-electron chi connectivity index (χ4n) is 8.06. The van der Waals surface area contributed by atoms with Gasteiger partial charge >= 0.3 is 24.3 Å². The lowest BCUT2D eigenvalue weighted by atomic mass is 10.00. The topological polar surface area (TPSA) is 158 Å². The highest BCUT2D eigenvalue weighted by Gasteiger charge is 2.40. The van der Waals surface area contributed by atoms with Gasteiger partial charge in [-0.3, -0.25) is 19.3 Å². The van der Waals surface area contributed by atoms with E-state index in [0.29, 0.717) is 71.2 Å². The quantitative estimate of drug-likeness (QED) is 0.275. The van der Waals surface area contributed by atoms with Crippen LogP contribution < -0.4 is 11.1 Å². The van der Waals surface area contributed by atoms with Crippen LogP contribution in [0.4, 0.5) is 34.1 Å². The number of carbonyl (C=O) groups is 5. The SMILES string of the molecule is CN(C)C(=O)COC(=O)[C@H]1CCN(C2CCN(C(=O)[C@@H](Cc3cc(Cl)c(N)c(C(F)(F)F)c3)OC(=O)N3CCC(N4CCc5ccccc5NC4=O)CC3)CC2)C1. The molecule has 14 nitrogen and oxygen atoms in total. The van der Waals surface area contributed by atoms with Gasteiger partial charge in [0.2, 0.25) is 0 Å².